The predicted molar refractivity (Wildman–Crippen MR) is 70.0 cm³/mol. The lowest BCUT2D eigenvalue weighted by Crippen LogP contribution is -2.25. The number of nitrogens with two attached hydrogens (primary N) is 1. The van der Waals surface area contributed by atoms with Crippen molar-refractivity contribution < 1.29 is 4.74 Å². The number of hydrogen-bond acceptors (Lipinski definition) is 3. The molecule has 0 bridgehead atoms. The lowest BCUT2D eigenvalue weighted by Gasteiger charge is -2.28. The minimum atomic E-state index is 0.401. The van der Waals surface area contributed by atoms with Gasteiger partial charge in [-0.2, -0.15) is 0 Å². The molecule has 94 valence electrons. The third-order valence-electron chi connectivity index (χ3n) is 3.73. The van der Waals surface area contributed by atoms with Crippen molar-refractivity contribution in [3.8, 4) is 5.88 Å². The maximum absolute atomic E-state index is 5.83. The minimum absolute atomic E-state index is 0.401. The molecule has 0 radical (unpaired) electrons. The van der Waals surface area contributed by atoms with E-state index >= 15 is 0 Å². The number of aromatic nitrogens is 1. The summed E-state index contributed by atoms with van der Waals surface area (Å²) in [5, 5.41) is 0. The van der Waals surface area contributed by atoms with Crippen LogP contribution in [0.25, 0.3) is 0 Å². The molecule has 0 saturated heterocycles. The monoisotopic (exact) mass is 234 g/mol. The Morgan fingerprint density at radius 3 is 2.71 bits per heavy atom. The predicted octanol–water partition coefficient (Wildman–Crippen LogP) is 3.40. The van der Waals surface area contributed by atoms with E-state index in [1.54, 1.807) is 6.20 Å². The molecule has 1 aliphatic rings. The number of nitrogen functional groups attached to an aromatic ring is 1. The number of nitrogens with zero attached hydrogens (tertiary/aromatic N) is 1. The average molecular weight is 234 g/mol. The van der Waals surface area contributed by atoms with Crippen LogP contribution < -0.4 is 10.5 Å². The molecule has 2 rings (SSSR count). The first-order chi connectivity index (χ1) is 8.24. The summed E-state index contributed by atoms with van der Waals surface area (Å²) in [6, 6.07) is 3.69. The van der Waals surface area contributed by atoms with Gasteiger partial charge in [0.05, 0.1) is 18.5 Å². The second-order valence-corrected chi connectivity index (χ2v) is 5.18. The number of rotatable bonds is 5. The van der Waals surface area contributed by atoms with Crippen molar-refractivity contribution >= 4 is 5.69 Å². The number of anilines is 1. The lowest BCUT2D eigenvalue weighted by molar-refractivity contribution is 0.133. The van der Waals surface area contributed by atoms with Gasteiger partial charge in [0.2, 0.25) is 5.88 Å². The molecular weight excluding hydrogens is 212 g/mol. The zero-order chi connectivity index (χ0) is 12.1. The molecule has 0 amide bonds. The molecule has 3 heteroatoms. The molecule has 3 nitrogen and oxygen atoms in total. The van der Waals surface area contributed by atoms with Crippen LogP contribution in [-0.4, -0.2) is 11.6 Å². The minimum Gasteiger partial charge on any atom is -0.477 e. The quantitative estimate of drug-likeness (QED) is 0.849. The molecule has 1 aromatic heterocycles. The number of hydrogen-bond donors (Lipinski definition) is 1. The van der Waals surface area contributed by atoms with Gasteiger partial charge in [0.1, 0.15) is 0 Å². The van der Waals surface area contributed by atoms with Gasteiger partial charge in [-0.25, -0.2) is 4.98 Å². The van der Waals surface area contributed by atoms with E-state index in [1.807, 2.05) is 12.1 Å². The highest BCUT2D eigenvalue weighted by molar-refractivity contribution is 5.35. The van der Waals surface area contributed by atoms with Crippen LogP contribution in [0.3, 0.4) is 0 Å². The van der Waals surface area contributed by atoms with Crippen LogP contribution in [0.2, 0.25) is 0 Å². The molecule has 1 aromatic rings. The van der Waals surface area contributed by atoms with Gasteiger partial charge >= 0.3 is 0 Å². The highest BCUT2D eigenvalue weighted by atomic mass is 16.5. The molecule has 1 aliphatic carbocycles. The summed E-state index contributed by atoms with van der Waals surface area (Å²) in [6.45, 7) is 3.05. The second kappa shape index (κ2) is 5.39. The van der Waals surface area contributed by atoms with Crippen molar-refractivity contribution in [1.82, 2.24) is 4.98 Å². The van der Waals surface area contributed by atoms with E-state index in [0.717, 1.165) is 6.61 Å². The Bertz CT molecular complexity index is 342. The molecule has 0 aliphatic heterocycles. The van der Waals surface area contributed by atoms with E-state index in [-0.39, 0.29) is 0 Å². The molecule has 1 fully saturated rings. The second-order valence-electron chi connectivity index (χ2n) is 5.18. The van der Waals surface area contributed by atoms with Gasteiger partial charge < -0.3 is 10.5 Å². The average Bonchev–Trinajstić information content (AvgIpc) is 2.78. The summed E-state index contributed by atoms with van der Waals surface area (Å²) < 4.78 is 5.83. The van der Waals surface area contributed by atoms with Crippen molar-refractivity contribution in [3.63, 3.8) is 0 Å². The summed E-state index contributed by atoms with van der Waals surface area (Å²) in [7, 11) is 0. The van der Waals surface area contributed by atoms with Crippen LogP contribution in [0.1, 0.15) is 45.4 Å². The normalized spacial score (nSPS) is 18.2. The standard InChI is InChI=1S/C14H22N2O/c1-2-7-14(8-3-4-9-14)11-17-13-6-5-12(15)10-16-13/h5-6,10H,2-4,7-9,11,15H2,1H3. The Balaban J connectivity index is 1.93. The SMILES string of the molecule is CCCC1(COc2ccc(N)cn2)CCCC1. The fourth-order valence-corrected chi connectivity index (χ4v) is 2.83. The Morgan fingerprint density at radius 1 is 1.35 bits per heavy atom. The van der Waals surface area contributed by atoms with Gasteiger partial charge in [0.25, 0.3) is 0 Å². The first kappa shape index (κ1) is 12.2. The van der Waals surface area contributed by atoms with Gasteiger partial charge in [-0.05, 0) is 25.3 Å². The smallest absolute Gasteiger partial charge is 0.213 e. The zero-order valence-corrected chi connectivity index (χ0v) is 10.6. The van der Waals surface area contributed by atoms with Crippen molar-refractivity contribution in [3.05, 3.63) is 18.3 Å². The Kier molecular flexibility index (Phi) is 3.87. The molecule has 1 heterocycles. The van der Waals surface area contributed by atoms with Gasteiger partial charge in [-0.1, -0.05) is 26.2 Å². The summed E-state index contributed by atoms with van der Waals surface area (Å²) >= 11 is 0. The first-order valence-electron chi connectivity index (χ1n) is 6.58. The largest absolute Gasteiger partial charge is 0.477 e. The fourth-order valence-electron chi connectivity index (χ4n) is 2.83. The van der Waals surface area contributed by atoms with Crippen LogP contribution in [-0.2, 0) is 0 Å². The first-order valence-corrected chi connectivity index (χ1v) is 6.58. The molecule has 1 saturated carbocycles. The van der Waals surface area contributed by atoms with E-state index in [4.69, 9.17) is 10.5 Å². The van der Waals surface area contributed by atoms with Gasteiger partial charge in [0, 0.05) is 11.5 Å². The number of pyridine rings is 1. The highest BCUT2D eigenvalue weighted by Crippen LogP contribution is 2.42. The van der Waals surface area contributed by atoms with Crippen LogP contribution in [0.15, 0.2) is 18.3 Å². The van der Waals surface area contributed by atoms with E-state index in [0.29, 0.717) is 17.0 Å². The van der Waals surface area contributed by atoms with Crippen LogP contribution in [0, 0.1) is 5.41 Å². The van der Waals surface area contributed by atoms with Crippen LogP contribution in [0.5, 0.6) is 5.88 Å². The van der Waals surface area contributed by atoms with Crippen molar-refractivity contribution in [2.45, 2.75) is 45.4 Å². The summed E-state index contributed by atoms with van der Waals surface area (Å²) in [5.74, 6) is 0.696. The topological polar surface area (TPSA) is 48.1 Å². The molecule has 2 N–H and O–H groups in total. The summed E-state index contributed by atoms with van der Waals surface area (Å²) in [6.07, 6.45) is 9.44. The van der Waals surface area contributed by atoms with Crippen molar-refractivity contribution in [1.29, 1.82) is 0 Å². The van der Waals surface area contributed by atoms with Crippen molar-refractivity contribution in [2.75, 3.05) is 12.3 Å². The summed E-state index contributed by atoms with van der Waals surface area (Å²) in [4.78, 5) is 4.18. The molecule has 0 aromatic carbocycles. The molecule has 0 unspecified atom stereocenters. The van der Waals surface area contributed by atoms with E-state index in [2.05, 4.69) is 11.9 Å². The van der Waals surface area contributed by atoms with E-state index < -0.39 is 0 Å². The third-order valence-corrected chi connectivity index (χ3v) is 3.73. The zero-order valence-electron chi connectivity index (χ0n) is 10.6. The van der Waals surface area contributed by atoms with Crippen molar-refractivity contribution in [2.24, 2.45) is 5.41 Å². The lowest BCUT2D eigenvalue weighted by atomic mass is 9.83. The van der Waals surface area contributed by atoms with Crippen LogP contribution in [0.4, 0.5) is 5.69 Å². The van der Waals surface area contributed by atoms with Gasteiger partial charge in [0.15, 0.2) is 0 Å². The third kappa shape index (κ3) is 3.11. The maximum atomic E-state index is 5.83. The van der Waals surface area contributed by atoms with Crippen LogP contribution >= 0.6 is 0 Å². The molecule has 0 spiro atoms. The van der Waals surface area contributed by atoms with E-state index in [1.165, 1.54) is 38.5 Å². The Morgan fingerprint density at radius 2 is 2.12 bits per heavy atom. The fraction of sp³-hybridized carbons (Fsp3) is 0.643. The molecular formula is C14H22N2O. The maximum Gasteiger partial charge on any atom is 0.213 e. The van der Waals surface area contributed by atoms with Gasteiger partial charge in [-0.3, -0.25) is 0 Å². The Hall–Kier alpha value is -1.25. The summed E-state index contributed by atoms with van der Waals surface area (Å²) in [5.41, 5.74) is 6.68. The van der Waals surface area contributed by atoms with E-state index in [9.17, 15) is 0 Å². The Labute approximate surface area is 103 Å². The number of ether oxygens (including phenoxy) is 1. The molecule has 17 heavy (non-hydrogen) atoms. The molecule has 0 atom stereocenters. The highest BCUT2D eigenvalue weighted by Gasteiger charge is 2.33. The van der Waals surface area contributed by atoms with Gasteiger partial charge in [-0.15, -0.1) is 0 Å².